The van der Waals surface area contributed by atoms with Crippen molar-refractivity contribution >= 4 is 21.7 Å². The predicted molar refractivity (Wildman–Crippen MR) is 64.3 cm³/mol. The van der Waals surface area contributed by atoms with Crippen molar-refractivity contribution in [2.75, 3.05) is 12.0 Å². The van der Waals surface area contributed by atoms with Gasteiger partial charge in [0.15, 0.2) is 5.69 Å². The molecule has 9 nitrogen and oxygen atoms in total. The van der Waals surface area contributed by atoms with Crippen LogP contribution in [0, 0.1) is 0 Å². The Morgan fingerprint density at radius 3 is 2.68 bits per heavy atom. The second-order valence-corrected chi connectivity index (χ2v) is 6.35. The molecule has 106 valence electrons. The average Bonchev–Trinajstić information content (AvgIpc) is 2.61. The molecule has 1 unspecified atom stereocenters. The highest BCUT2D eigenvalue weighted by Crippen LogP contribution is 1.96. The maximum absolute atomic E-state index is 11.7. The quantitative estimate of drug-likeness (QED) is 0.653. The first-order valence-corrected chi connectivity index (χ1v) is 7.34. The Morgan fingerprint density at radius 1 is 1.53 bits per heavy atom. The first-order chi connectivity index (χ1) is 8.67. The summed E-state index contributed by atoms with van der Waals surface area (Å²) in [5.74, 6) is -1.91. The molecule has 0 aliphatic carbocycles. The number of sulfone groups is 1. The van der Waals surface area contributed by atoms with Crippen molar-refractivity contribution < 1.29 is 23.1 Å². The minimum absolute atomic E-state index is 0.0680. The predicted octanol–water partition coefficient (Wildman–Crippen LogP) is -1.47. The summed E-state index contributed by atoms with van der Waals surface area (Å²) in [6, 6.07) is -0.577. The van der Waals surface area contributed by atoms with E-state index in [1.54, 1.807) is 6.92 Å². The monoisotopic (exact) mass is 290 g/mol. The van der Waals surface area contributed by atoms with E-state index in [-0.39, 0.29) is 11.4 Å². The Labute approximate surface area is 109 Å². The lowest BCUT2D eigenvalue weighted by molar-refractivity contribution is -0.137. The van der Waals surface area contributed by atoms with Crippen molar-refractivity contribution in [3.63, 3.8) is 0 Å². The van der Waals surface area contributed by atoms with Crippen molar-refractivity contribution in [3.8, 4) is 0 Å². The molecule has 10 heteroatoms. The minimum atomic E-state index is -3.20. The normalized spacial score (nSPS) is 12.9. The van der Waals surface area contributed by atoms with E-state index in [9.17, 15) is 18.0 Å². The molecule has 0 saturated heterocycles. The summed E-state index contributed by atoms with van der Waals surface area (Å²) in [5.41, 5.74) is -0.0680. The molecule has 2 N–H and O–H groups in total. The van der Waals surface area contributed by atoms with Crippen LogP contribution in [0.15, 0.2) is 6.20 Å². The zero-order valence-corrected chi connectivity index (χ0v) is 11.2. The van der Waals surface area contributed by atoms with E-state index in [1.807, 2.05) is 0 Å². The molecule has 0 saturated carbocycles. The fourth-order valence-electron chi connectivity index (χ4n) is 1.41. The van der Waals surface area contributed by atoms with E-state index in [4.69, 9.17) is 5.11 Å². The lowest BCUT2D eigenvalue weighted by Gasteiger charge is -2.10. The summed E-state index contributed by atoms with van der Waals surface area (Å²) in [5, 5.41) is 17.9. The summed E-state index contributed by atoms with van der Waals surface area (Å²) >= 11 is 0. The van der Waals surface area contributed by atoms with Gasteiger partial charge in [-0.15, -0.1) is 5.10 Å². The van der Waals surface area contributed by atoms with Gasteiger partial charge in [-0.2, -0.15) is 0 Å². The number of rotatable bonds is 6. The number of nitrogens with zero attached hydrogens (tertiary/aromatic N) is 3. The number of hydrogen-bond donors (Lipinski definition) is 2. The Morgan fingerprint density at radius 2 is 2.16 bits per heavy atom. The van der Waals surface area contributed by atoms with Crippen molar-refractivity contribution in [2.45, 2.75) is 19.5 Å². The van der Waals surface area contributed by atoms with Crippen molar-refractivity contribution in [1.29, 1.82) is 0 Å². The van der Waals surface area contributed by atoms with Crippen LogP contribution >= 0.6 is 0 Å². The van der Waals surface area contributed by atoms with Gasteiger partial charge >= 0.3 is 5.97 Å². The highest BCUT2D eigenvalue weighted by atomic mass is 32.2. The van der Waals surface area contributed by atoms with Gasteiger partial charge in [0.2, 0.25) is 0 Å². The van der Waals surface area contributed by atoms with E-state index in [1.165, 1.54) is 6.20 Å². The number of carboxylic acid groups (broad SMARTS) is 1. The molecule has 1 aromatic heterocycles. The van der Waals surface area contributed by atoms with Gasteiger partial charge in [-0.3, -0.25) is 9.59 Å². The van der Waals surface area contributed by atoms with Crippen molar-refractivity contribution in [3.05, 3.63) is 11.9 Å². The Balaban J connectivity index is 2.63. The van der Waals surface area contributed by atoms with E-state index in [0.717, 1.165) is 10.9 Å². The molecule has 0 radical (unpaired) electrons. The van der Waals surface area contributed by atoms with Crippen LogP contribution in [0.5, 0.6) is 0 Å². The molecule has 0 aliphatic heterocycles. The summed E-state index contributed by atoms with van der Waals surface area (Å²) in [6.07, 6.45) is 2.25. The van der Waals surface area contributed by atoms with Gasteiger partial charge in [0.1, 0.15) is 16.4 Å². The number of carboxylic acids is 1. The second kappa shape index (κ2) is 5.78. The molecule has 0 spiro atoms. The third-order valence-electron chi connectivity index (χ3n) is 2.00. The smallest absolute Gasteiger partial charge is 0.325 e. The van der Waals surface area contributed by atoms with Crippen LogP contribution < -0.4 is 5.32 Å². The third kappa shape index (κ3) is 5.46. The third-order valence-corrected chi connectivity index (χ3v) is 3.10. The molecule has 1 amide bonds. The van der Waals surface area contributed by atoms with Gasteiger partial charge in [0, 0.05) is 12.3 Å². The van der Waals surface area contributed by atoms with Crippen molar-refractivity contribution in [2.24, 2.45) is 0 Å². The molecule has 0 fully saturated rings. The molecule has 0 aromatic carbocycles. The van der Waals surface area contributed by atoms with E-state index < -0.39 is 34.3 Å². The summed E-state index contributed by atoms with van der Waals surface area (Å²) in [6.45, 7) is 1.14. The van der Waals surface area contributed by atoms with Crippen LogP contribution in [0.2, 0.25) is 0 Å². The average molecular weight is 290 g/mol. The van der Waals surface area contributed by atoms with Gasteiger partial charge in [-0.05, 0) is 6.92 Å². The number of carbonyl (C=O) groups excluding carboxylic acids is 1. The van der Waals surface area contributed by atoms with E-state index in [2.05, 4.69) is 15.6 Å². The molecule has 0 aliphatic rings. The van der Waals surface area contributed by atoms with Gasteiger partial charge < -0.3 is 10.4 Å². The topological polar surface area (TPSA) is 131 Å². The number of aliphatic carboxylic acids is 1. The SMILES string of the molecule is CC(CS(C)(=O)=O)NC(=O)c1cn(CC(=O)O)nn1. The molecule has 1 heterocycles. The van der Waals surface area contributed by atoms with Crippen LogP contribution in [0.4, 0.5) is 0 Å². The number of hydrogen-bond acceptors (Lipinski definition) is 6. The lowest BCUT2D eigenvalue weighted by atomic mass is 10.3. The minimum Gasteiger partial charge on any atom is -0.480 e. The van der Waals surface area contributed by atoms with Crippen LogP contribution in [0.3, 0.4) is 0 Å². The summed E-state index contributed by atoms with van der Waals surface area (Å²) in [7, 11) is -3.20. The van der Waals surface area contributed by atoms with Gasteiger partial charge in [-0.1, -0.05) is 5.21 Å². The van der Waals surface area contributed by atoms with Gasteiger partial charge in [0.25, 0.3) is 5.91 Å². The number of nitrogens with one attached hydrogen (secondary N) is 1. The fraction of sp³-hybridized carbons (Fsp3) is 0.556. The molecule has 1 rings (SSSR count). The molecule has 0 bridgehead atoms. The fourth-order valence-corrected chi connectivity index (χ4v) is 2.40. The summed E-state index contributed by atoms with van der Waals surface area (Å²) < 4.78 is 23.1. The molecular weight excluding hydrogens is 276 g/mol. The maximum atomic E-state index is 11.7. The first-order valence-electron chi connectivity index (χ1n) is 5.28. The highest BCUT2D eigenvalue weighted by Gasteiger charge is 2.17. The Hall–Kier alpha value is -1.97. The van der Waals surface area contributed by atoms with Crippen LogP contribution in [-0.2, 0) is 21.2 Å². The largest absolute Gasteiger partial charge is 0.480 e. The number of carbonyl (C=O) groups is 2. The van der Waals surface area contributed by atoms with Gasteiger partial charge in [0.05, 0.1) is 11.9 Å². The Bertz CT molecular complexity index is 579. The zero-order valence-electron chi connectivity index (χ0n) is 10.4. The number of aromatic nitrogens is 3. The van der Waals surface area contributed by atoms with Gasteiger partial charge in [-0.25, -0.2) is 13.1 Å². The zero-order chi connectivity index (χ0) is 14.6. The molecular formula is C9H14N4O5S. The standard InChI is InChI=1S/C9H14N4O5S/c1-6(5-19(2,17)18)10-9(16)7-3-13(12-11-7)4-8(14)15/h3,6H,4-5H2,1-2H3,(H,10,16)(H,14,15). The second-order valence-electron chi connectivity index (χ2n) is 4.16. The number of amides is 1. The highest BCUT2D eigenvalue weighted by molar-refractivity contribution is 7.90. The van der Waals surface area contributed by atoms with E-state index in [0.29, 0.717) is 0 Å². The maximum Gasteiger partial charge on any atom is 0.325 e. The lowest BCUT2D eigenvalue weighted by Crippen LogP contribution is -2.37. The van der Waals surface area contributed by atoms with Crippen molar-refractivity contribution in [1.82, 2.24) is 20.3 Å². The van der Waals surface area contributed by atoms with E-state index >= 15 is 0 Å². The Kier molecular flexibility index (Phi) is 4.59. The summed E-state index contributed by atoms with van der Waals surface area (Å²) in [4.78, 5) is 22.1. The van der Waals surface area contributed by atoms with Crippen LogP contribution in [0.25, 0.3) is 0 Å². The molecule has 19 heavy (non-hydrogen) atoms. The first kappa shape index (κ1) is 15.1. The van der Waals surface area contributed by atoms with Crippen LogP contribution in [0.1, 0.15) is 17.4 Å². The van der Waals surface area contributed by atoms with Crippen LogP contribution in [-0.4, -0.2) is 58.4 Å². The molecule has 1 atom stereocenters. The molecule has 1 aromatic rings.